The minimum Gasteiger partial charge on any atom is -0.384 e. The highest BCUT2D eigenvalue weighted by atomic mass is 32.1. The van der Waals surface area contributed by atoms with Crippen LogP contribution in [0.3, 0.4) is 0 Å². The van der Waals surface area contributed by atoms with Crippen molar-refractivity contribution in [3.63, 3.8) is 0 Å². The van der Waals surface area contributed by atoms with Crippen LogP contribution in [0.1, 0.15) is 43.3 Å². The summed E-state index contributed by atoms with van der Waals surface area (Å²) in [6, 6.07) is 0. The van der Waals surface area contributed by atoms with Crippen LogP contribution in [0, 0.1) is 0 Å². The maximum Gasteiger partial charge on any atom is 0.102 e. The Bertz CT molecular complexity index is 348. The van der Waals surface area contributed by atoms with Crippen LogP contribution < -0.4 is 0 Å². The topological polar surface area (TPSA) is 36.4 Å². The average molecular weight is 240 g/mol. The number of piperidine rings is 1. The van der Waals surface area contributed by atoms with Crippen molar-refractivity contribution >= 4 is 11.3 Å². The Labute approximate surface area is 101 Å². The van der Waals surface area contributed by atoms with Gasteiger partial charge in [-0.1, -0.05) is 0 Å². The van der Waals surface area contributed by atoms with E-state index in [1.54, 1.807) is 25.2 Å². The van der Waals surface area contributed by atoms with Crippen molar-refractivity contribution in [3.8, 4) is 0 Å². The Morgan fingerprint density at radius 2 is 2.06 bits per heavy atom. The predicted molar refractivity (Wildman–Crippen MR) is 66.8 cm³/mol. The van der Waals surface area contributed by atoms with Gasteiger partial charge >= 0.3 is 0 Å². The van der Waals surface area contributed by atoms with Crippen molar-refractivity contribution in [1.82, 2.24) is 9.88 Å². The average Bonchev–Trinajstić information content (AvgIpc) is 2.67. The lowest BCUT2D eigenvalue weighted by Crippen LogP contribution is -2.29. The molecule has 0 saturated carbocycles. The second-order valence-corrected chi connectivity index (χ2v) is 6.10. The van der Waals surface area contributed by atoms with E-state index in [0.717, 1.165) is 18.8 Å². The van der Waals surface area contributed by atoms with Gasteiger partial charge in [0.1, 0.15) is 5.60 Å². The van der Waals surface area contributed by atoms with Gasteiger partial charge in [-0.15, -0.1) is 11.3 Å². The van der Waals surface area contributed by atoms with Gasteiger partial charge in [0.2, 0.25) is 0 Å². The minimum atomic E-state index is -0.805. The first-order valence-electron chi connectivity index (χ1n) is 5.83. The van der Waals surface area contributed by atoms with Crippen molar-refractivity contribution in [2.24, 2.45) is 0 Å². The summed E-state index contributed by atoms with van der Waals surface area (Å²) < 4.78 is 0. The van der Waals surface area contributed by atoms with Crippen LogP contribution in [0.5, 0.6) is 0 Å². The van der Waals surface area contributed by atoms with E-state index in [2.05, 4.69) is 16.9 Å². The van der Waals surface area contributed by atoms with Crippen LogP contribution in [-0.2, 0) is 5.60 Å². The highest BCUT2D eigenvalue weighted by Crippen LogP contribution is 2.32. The van der Waals surface area contributed by atoms with Crippen molar-refractivity contribution in [2.45, 2.75) is 38.2 Å². The molecule has 1 fully saturated rings. The molecule has 1 N–H and O–H groups in total. The van der Waals surface area contributed by atoms with Crippen molar-refractivity contribution in [1.29, 1.82) is 0 Å². The molecular formula is C12H20N2OS. The van der Waals surface area contributed by atoms with E-state index in [0.29, 0.717) is 5.92 Å². The lowest BCUT2D eigenvalue weighted by molar-refractivity contribution is 0.0742. The zero-order chi connectivity index (χ0) is 11.8. The molecule has 1 saturated heterocycles. The Balaban J connectivity index is 2.08. The van der Waals surface area contributed by atoms with Gasteiger partial charge in [0.15, 0.2) is 0 Å². The molecule has 0 aliphatic carbocycles. The van der Waals surface area contributed by atoms with Crippen molar-refractivity contribution in [3.05, 3.63) is 16.1 Å². The summed E-state index contributed by atoms with van der Waals surface area (Å²) in [6.45, 7) is 5.89. The molecule has 1 aromatic rings. The molecule has 0 radical (unpaired) electrons. The normalized spacial score (nSPS) is 20.2. The van der Waals surface area contributed by atoms with E-state index in [1.165, 1.54) is 17.8 Å². The summed E-state index contributed by atoms with van der Waals surface area (Å²) in [6.07, 6.45) is 2.38. The monoisotopic (exact) mass is 240 g/mol. The number of rotatable bonds is 2. The zero-order valence-corrected chi connectivity index (χ0v) is 11.0. The number of thiazole rings is 1. The summed E-state index contributed by atoms with van der Waals surface area (Å²) in [4.78, 5) is 6.94. The van der Waals surface area contributed by atoms with E-state index in [9.17, 15) is 5.11 Å². The van der Waals surface area contributed by atoms with Crippen LogP contribution in [-0.4, -0.2) is 35.1 Å². The second-order valence-electron chi connectivity index (χ2n) is 5.21. The summed E-state index contributed by atoms with van der Waals surface area (Å²) in [7, 11) is 2.17. The molecular weight excluding hydrogens is 220 g/mol. The molecule has 0 bridgehead atoms. The zero-order valence-electron chi connectivity index (χ0n) is 10.2. The van der Waals surface area contributed by atoms with Crippen LogP contribution in [0.25, 0.3) is 0 Å². The Hall–Kier alpha value is -0.450. The van der Waals surface area contributed by atoms with E-state index >= 15 is 0 Å². The molecule has 0 spiro atoms. The molecule has 2 rings (SSSR count). The molecule has 2 heterocycles. The highest BCUT2D eigenvalue weighted by Gasteiger charge is 2.24. The number of nitrogens with zero attached hydrogens (tertiary/aromatic N) is 2. The van der Waals surface area contributed by atoms with Crippen molar-refractivity contribution < 1.29 is 5.11 Å². The molecule has 1 aromatic heterocycles. The van der Waals surface area contributed by atoms with Gasteiger partial charge in [-0.3, -0.25) is 0 Å². The van der Waals surface area contributed by atoms with Gasteiger partial charge in [-0.25, -0.2) is 4.98 Å². The number of hydrogen-bond donors (Lipinski definition) is 1. The highest BCUT2D eigenvalue weighted by molar-refractivity contribution is 7.09. The van der Waals surface area contributed by atoms with Crippen LogP contribution in [0.2, 0.25) is 0 Å². The fourth-order valence-electron chi connectivity index (χ4n) is 2.01. The molecule has 0 atom stereocenters. The Kier molecular flexibility index (Phi) is 3.33. The quantitative estimate of drug-likeness (QED) is 0.861. The number of aliphatic hydroxyl groups is 1. The number of aromatic nitrogens is 1. The maximum absolute atomic E-state index is 9.88. The first kappa shape index (κ1) is 12.0. The fourth-order valence-corrected chi connectivity index (χ4v) is 3.16. The first-order valence-corrected chi connectivity index (χ1v) is 6.71. The summed E-state index contributed by atoms with van der Waals surface area (Å²) in [5.74, 6) is 0.595. The third-order valence-electron chi connectivity index (χ3n) is 3.22. The molecule has 4 heteroatoms. The fraction of sp³-hybridized carbons (Fsp3) is 0.750. The minimum absolute atomic E-state index is 0.595. The van der Waals surface area contributed by atoms with Crippen molar-refractivity contribution in [2.75, 3.05) is 20.1 Å². The van der Waals surface area contributed by atoms with Gasteiger partial charge in [-0.2, -0.15) is 0 Å². The largest absolute Gasteiger partial charge is 0.384 e. The lowest BCUT2D eigenvalue weighted by atomic mass is 9.98. The van der Waals surface area contributed by atoms with Gasteiger partial charge in [0, 0.05) is 11.3 Å². The molecule has 90 valence electrons. The number of likely N-dealkylation sites (tertiary alicyclic amines) is 1. The summed E-state index contributed by atoms with van der Waals surface area (Å²) in [5.41, 5.74) is 0.00616. The SMILES string of the molecule is CN1CCC(c2nc(C(C)(C)O)cs2)CC1. The van der Waals surface area contributed by atoms with Gasteiger partial charge in [0.25, 0.3) is 0 Å². The molecule has 0 aromatic carbocycles. The standard InChI is InChI=1S/C12H20N2OS/c1-12(2,15)10-8-16-11(13-10)9-4-6-14(3)7-5-9/h8-9,15H,4-7H2,1-3H3. The molecule has 0 unspecified atom stereocenters. The van der Waals surface area contributed by atoms with E-state index in [-0.39, 0.29) is 0 Å². The summed E-state index contributed by atoms with van der Waals surface area (Å²) in [5, 5.41) is 13.1. The molecule has 0 amide bonds. The third-order valence-corrected chi connectivity index (χ3v) is 4.22. The molecule has 3 nitrogen and oxygen atoms in total. The van der Waals surface area contributed by atoms with Crippen LogP contribution >= 0.6 is 11.3 Å². The van der Waals surface area contributed by atoms with E-state index in [1.807, 2.05) is 5.38 Å². The first-order chi connectivity index (χ1) is 7.47. The van der Waals surface area contributed by atoms with Gasteiger partial charge < -0.3 is 10.0 Å². The molecule has 1 aliphatic heterocycles. The summed E-state index contributed by atoms with van der Waals surface area (Å²) >= 11 is 1.69. The second kappa shape index (κ2) is 4.43. The molecule has 1 aliphatic rings. The van der Waals surface area contributed by atoms with Crippen LogP contribution in [0.4, 0.5) is 0 Å². The van der Waals surface area contributed by atoms with Gasteiger partial charge in [-0.05, 0) is 46.8 Å². The lowest BCUT2D eigenvalue weighted by Gasteiger charge is -2.27. The van der Waals surface area contributed by atoms with E-state index in [4.69, 9.17) is 0 Å². The molecule has 16 heavy (non-hydrogen) atoms. The predicted octanol–water partition coefficient (Wildman–Crippen LogP) is 2.18. The van der Waals surface area contributed by atoms with E-state index < -0.39 is 5.60 Å². The third kappa shape index (κ3) is 2.62. The Morgan fingerprint density at radius 3 is 2.56 bits per heavy atom. The smallest absolute Gasteiger partial charge is 0.102 e. The van der Waals surface area contributed by atoms with Crippen LogP contribution in [0.15, 0.2) is 5.38 Å². The Morgan fingerprint density at radius 1 is 1.44 bits per heavy atom. The number of hydrogen-bond acceptors (Lipinski definition) is 4. The maximum atomic E-state index is 9.88. The van der Waals surface area contributed by atoms with Gasteiger partial charge in [0.05, 0.1) is 10.7 Å².